The maximum Gasteiger partial charge on any atom is 0.262 e. The third-order valence-corrected chi connectivity index (χ3v) is 6.84. The molecule has 1 aromatic carbocycles. The van der Waals surface area contributed by atoms with Crippen LogP contribution in [0.3, 0.4) is 0 Å². The number of carbonyl (C=O) groups is 4. The van der Waals surface area contributed by atoms with Gasteiger partial charge < -0.3 is 5.73 Å². The van der Waals surface area contributed by atoms with Crippen molar-refractivity contribution in [3.8, 4) is 0 Å². The first kappa shape index (κ1) is 20.7. The van der Waals surface area contributed by atoms with Gasteiger partial charge in [-0.2, -0.15) is 0 Å². The van der Waals surface area contributed by atoms with E-state index in [1.165, 1.54) is 0 Å². The number of imide groups is 2. The monoisotopic (exact) mass is 412 g/mol. The molecule has 4 rings (SSSR count). The highest BCUT2D eigenvalue weighted by Crippen LogP contribution is 2.33. The van der Waals surface area contributed by atoms with E-state index >= 15 is 0 Å². The molecule has 4 atom stereocenters. The first-order valence-electron chi connectivity index (χ1n) is 10.6. The molecule has 2 fully saturated rings. The predicted octanol–water partition coefficient (Wildman–Crippen LogP) is 0.893. The third kappa shape index (κ3) is 3.44. The van der Waals surface area contributed by atoms with Crippen molar-refractivity contribution in [1.29, 1.82) is 0 Å². The number of amides is 4. The number of carbonyl (C=O) groups excluding carboxylic acids is 4. The number of nitrogens with zero attached hydrogens (tertiary/aromatic N) is 2. The minimum Gasteiger partial charge on any atom is -0.330 e. The van der Waals surface area contributed by atoms with Crippen LogP contribution in [0.15, 0.2) is 18.2 Å². The summed E-state index contributed by atoms with van der Waals surface area (Å²) in [4.78, 5) is 53.3. The van der Waals surface area contributed by atoms with Crippen LogP contribution >= 0.6 is 0 Å². The fourth-order valence-corrected chi connectivity index (χ4v) is 5.00. The Bertz CT molecular complexity index is 914. The Morgan fingerprint density at radius 3 is 2.60 bits per heavy atom. The van der Waals surface area contributed by atoms with Crippen LogP contribution in [0.4, 0.5) is 0 Å². The molecule has 0 aromatic heterocycles. The Morgan fingerprint density at radius 1 is 1.13 bits per heavy atom. The molecule has 0 aliphatic carbocycles. The quantitative estimate of drug-likeness (QED) is 0.711. The summed E-state index contributed by atoms with van der Waals surface area (Å²) in [6.07, 6.45) is 1.30. The number of hydrogen-bond acceptors (Lipinski definition) is 6. The molecule has 3 N–H and O–H groups in total. The van der Waals surface area contributed by atoms with E-state index in [0.717, 1.165) is 23.4 Å². The van der Waals surface area contributed by atoms with Gasteiger partial charge in [0.2, 0.25) is 11.8 Å². The molecular weight excluding hydrogens is 384 g/mol. The van der Waals surface area contributed by atoms with Crippen LogP contribution in [0.2, 0.25) is 0 Å². The molecule has 0 saturated carbocycles. The van der Waals surface area contributed by atoms with Crippen molar-refractivity contribution in [2.75, 3.05) is 13.1 Å². The van der Waals surface area contributed by atoms with Crippen LogP contribution in [-0.4, -0.2) is 58.6 Å². The summed E-state index contributed by atoms with van der Waals surface area (Å²) < 4.78 is 0. The summed E-state index contributed by atoms with van der Waals surface area (Å²) in [6, 6.07) is 4.69. The number of piperidine rings is 2. The normalized spacial score (nSPS) is 29.9. The largest absolute Gasteiger partial charge is 0.330 e. The Morgan fingerprint density at radius 2 is 1.90 bits per heavy atom. The van der Waals surface area contributed by atoms with Gasteiger partial charge in [0.05, 0.1) is 11.1 Å². The summed E-state index contributed by atoms with van der Waals surface area (Å²) >= 11 is 0. The van der Waals surface area contributed by atoms with Gasteiger partial charge in [0.25, 0.3) is 11.8 Å². The van der Waals surface area contributed by atoms with E-state index < -0.39 is 23.8 Å². The first-order chi connectivity index (χ1) is 14.3. The number of rotatable bonds is 4. The third-order valence-electron chi connectivity index (χ3n) is 6.84. The minimum absolute atomic E-state index is 0.112. The van der Waals surface area contributed by atoms with Gasteiger partial charge in [-0.15, -0.1) is 0 Å². The number of likely N-dealkylation sites (tertiary alicyclic amines) is 1. The Balaban J connectivity index is 1.61. The number of nitrogens with one attached hydrogen (secondary N) is 1. The summed E-state index contributed by atoms with van der Waals surface area (Å²) in [7, 11) is 0. The lowest BCUT2D eigenvalue weighted by Gasteiger charge is -2.41. The van der Waals surface area contributed by atoms with Crippen molar-refractivity contribution in [3.05, 3.63) is 34.9 Å². The zero-order chi connectivity index (χ0) is 21.6. The lowest BCUT2D eigenvalue weighted by Crippen LogP contribution is -2.54. The molecule has 1 aromatic rings. The van der Waals surface area contributed by atoms with Crippen LogP contribution in [0, 0.1) is 11.8 Å². The number of nitrogens with two attached hydrogens (primary N) is 1. The number of benzene rings is 1. The Hall–Kier alpha value is -2.58. The van der Waals surface area contributed by atoms with Gasteiger partial charge in [-0.3, -0.25) is 34.3 Å². The molecule has 4 amide bonds. The molecule has 3 heterocycles. The molecule has 2 saturated heterocycles. The maximum atomic E-state index is 13.3. The fourth-order valence-electron chi connectivity index (χ4n) is 5.00. The van der Waals surface area contributed by atoms with Gasteiger partial charge in [-0.1, -0.05) is 19.1 Å². The lowest BCUT2D eigenvalue weighted by molar-refractivity contribution is -0.136. The SMILES string of the molecule is CC1CC(C)N(Cc2cccc3c2C(=O)N(C2CCC(=O)NC2=O)C3=O)CC1CN. The molecule has 8 nitrogen and oxygen atoms in total. The van der Waals surface area contributed by atoms with Crippen molar-refractivity contribution in [3.63, 3.8) is 0 Å². The van der Waals surface area contributed by atoms with Crippen LogP contribution in [0.5, 0.6) is 0 Å². The minimum atomic E-state index is -0.945. The molecule has 8 heteroatoms. The molecule has 0 radical (unpaired) electrons. The Kier molecular flexibility index (Phi) is 5.46. The molecule has 160 valence electrons. The highest BCUT2D eigenvalue weighted by Gasteiger charge is 2.45. The van der Waals surface area contributed by atoms with E-state index in [4.69, 9.17) is 5.73 Å². The van der Waals surface area contributed by atoms with E-state index in [1.54, 1.807) is 12.1 Å². The molecule has 4 unspecified atom stereocenters. The second-order valence-electron chi connectivity index (χ2n) is 8.77. The number of fused-ring (bicyclic) bond motifs is 1. The van der Waals surface area contributed by atoms with Gasteiger partial charge in [0.1, 0.15) is 6.04 Å². The molecule has 0 bridgehead atoms. The van der Waals surface area contributed by atoms with Gasteiger partial charge in [-0.05, 0) is 49.8 Å². The van der Waals surface area contributed by atoms with Gasteiger partial charge in [0.15, 0.2) is 0 Å². The van der Waals surface area contributed by atoms with Crippen molar-refractivity contribution in [1.82, 2.24) is 15.1 Å². The number of hydrogen-bond donors (Lipinski definition) is 2. The smallest absolute Gasteiger partial charge is 0.262 e. The van der Waals surface area contributed by atoms with Crippen molar-refractivity contribution in [2.24, 2.45) is 17.6 Å². The standard InChI is InChI=1S/C22H28N4O4/c1-12-8-13(2)25(11-15(12)9-23)10-14-4-3-5-16-19(14)22(30)26(21(16)29)17-6-7-18(27)24-20(17)28/h3-5,12-13,15,17H,6-11,23H2,1-2H3,(H,24,27,28). The van der Waals surface area contributed by atoms with Crippen LogP contribution < -0.4 is 11.1 Å². The topological polar surface area (TPSA) is 113 Å². The van der Waals surface area contributed by atoms with E-state index in [2.05, 4.69) is 24.1 Å². The van der Waals surface area contributed by atoms with Crippen LogP contribution in [0.1, 0.15) is 59.4 Å². The molecule has 0 spiro atoms. The van der Waals surface area contributed by atoms with Crippen molar-refractivity contribution >= 4 is 23.6 Å². The van der Waals surface area contributed by atoms with E-state index in [1.807, 2.05) is 6.07 Å². The van der Waals surface area contributed by atoms with Crippen LogP contribution in [0.25, 0.3) is 0 Å². The van der Waals surface area contributed by atoms with E-state index in [9.17, 15) is 19.2 Å². The molecule has 30 heavy (non-hydrogen) atoms. The second kappa shape index (κ2) is 7.92. The maximum absolute atomic E-state index is 13.3. The fraction of sp³-hybridized carbons (Fsp3) is 0.545. The van der Waals surface area contributed by atoms with Crippen molar-refractivity contribution in [2.45, 2.75) is 51.7 Å². The molecular formula is C22H28N4O4. The van der Waals surface area contributed by atoms with Gasteiger partial charge >= 0.3 is 0 Å². The zero-order valence-corrected chi connectivity index (χ0v) is 17.4. The first-order valence-corrected chi connectivity index (χ1v) is 10.6. The van der Waals surface area contributed by atoms with Crippen molar-refractivity contribution < 1.29 is 19.2 Å². The summed E-state index contributed by atoms with van der Waals surface area (Å²) in [6.45, 7) is 6.43. The van der Waals surface area contributed by atoms with Gasteiger partial charge in [0, 0.05) is 25.6 Å². The average Bonchev–Trinajstić information content (AvgIpc) is 2.96. The zero-order valence-electron chi connectivity index (χ0n) is 17.4. The summed E-state index contributed by atoms with van der Waals surface area (Å²) in [5, 5.41) is 2.23. The molecule has 3 aliphatic rings. The van der Waals surface area contributed by atoms with E-state index in [-0.39, 0.29) is 18.7 Å². The Labute approximate surface area is 175 Å². The van der Waals surface area contributed by atoms with Crippen LogP contribution in [-0.2, 0) is 16.1 Å². The molecule has 3 aliphatic heterocycles. The lowest BCUT2D eigenvalue weighted by atomic mass is 9.83. The highest BCUT2D eigenvalue weighted by atomic mass is 16.2. The van der Waals surface area contributed by atoms with E-state index in [0.29, 0.717) is 42.1 Å². The summed E-state index contributed by atoms with van der Waals surface area (Å²) in [5.41, 5.74) is 7.45. The second-order valence-corrected chi connectivity index (χ2v) is 8.77. The highest BCUT2D eigenvalue weighted by molar-refractivity contribution is 6.24. The summed E-state index contributed by atoms with van der Waals surface area (Å²) in [5.74, 6) is -0.938. The van der Waals surface area contributed by atoms with Gasteiger partial charge in [-0.25, -0.2) is 0 Å². The predicted molar refractivity (Wildman–Crippen MR) is 109 cm³/mol. The average molecular weight is 412 g/mol.